The molecule has 6 nitrogen and oxygen atoms in total. The molecule has 0 radical (unpaired) electrons. The number of hydrogen-bond donors (Lipinski definition) is 3. The van der Waals surface area contributed by atoms with Crippen LogP contribution in [0.4, 0.5) is 0 Å². The summed E-state index contributed by atoms with van der Waals surface area (Å²) in [5.41, 5.74) is 1.20. The van der Waals surface area contributed by atoms with Gasteiger partial charge >= 0.3 is 7.12 Å². The summed E-state index contributed by atoms with van der Waals surface area (Å²) in [6.45, 7) is 0. The van der Waals surface area contributed by atoms with Gasteiger partial charge in [-0.2, -0.15) is 0 Å². The summed E-state index contributed by atoms with van der Waals surface area (Å²) in [7, 11) is -1.49. The number of hydrogen-bond acceptors (Lipinski definition) is 5. The number of aromatic nitrogens is 2. The SMILES string of the molecule is O=C(NC(CB(O)O)Cc1ccccc1)c1cnccn1. The number of carbonyl (C=O) groups excluding carboxylic acids is 1. The molecule has 1 aromatic heterocycles. The van der Waals surface area contributed by atoms with Crippen molar-refractivity contribution in [2.45, 2.75) is 18.8 Å². The van der Waals surface area contributed by atoms with E-state index >= 15 is 0 Å². The van der Waals surface area contributed by atoms with Crippen LogP contribution in [0.1, 0.15) is 16.1 Å². The predicted octanol–water partition coefficient (Wildman–Crippen LogP) is 0.290. The van der Waals surface area contributed by atoms with E-state index in [2.05, 4.69) is 15.3 Å². The zero-order valence-corrected chi connectivity index (χ0v) is 11.4. The maximum atomic E-state index is 12.0. The molecule has 0 aliphatic carbocycles. The molecule has 7 heteroatoms. The molecule has 0 saturated heterocycles. The summed E-state index contributed by atoms with van der Waals surface area (Å²) < 4.78 is 0. The quantitative estimate of drug-likeness (QED) is 0.663. The van der Waals surface area contributed by atoms with Crippen LogP contribution in [-0.4, -0.2) is 39.1 Å². The Morgan fingerprint density at radius 2 is 2.00 bits per heavy atom. The van der Waals surface area contributed by atoms with Gasteiger partial charge in [-0.25, -0.2) is 4.98 Å². The molecule has 1 aromatic carbocycles. The Hall–Kier alpha value is -2.25. The standard InChI is InChI=1S/C14H16BN3O3/c19-14(13-10-16-6-7-17-13)18-12(9-15(20)21)8-11-4-2-1-3-5-11/h1-7,10,12,20-21H,8-9H2,(H,18,19). The van der Waals surface area contributed by atoms with Crippen molar-refractivity contribution in [2.75, 3.05) is 0 Å². The molecule has 21 heavy (non-hydrogen) atoms. The van der Waals surface area contributed by atoms with Crippen molar-refractivity contribution in [3.05, 3.63) is 60.2 Å². The van der Waals surface area contributed by atoms with Gasteiger partial charge in [0.1, 0.15) is 5.69 Å². The second kappa shape index (κ2) is 7.51. The molecule has 2 aromatic rings. The first kappa shape index (κ1) is 15.1. The molecule has 1 unspecified atom stereocenters. The Labute approximate surface area is 123 Å². The molecule has 0 fully saturated rings. The smallest absolute Gasteiger partial charge is 0.427 e. The van der Waals surface area contributed by atoms with Gasteiger partial charge in [0.15, 0.2) is 0 Å². The molecule has 1 atom stereocenters. The van der Waals surface area contributed by atoms with E-state index in [1.807, 2.05) is 30.3 Å². The van der Waals surface area contributed by atoms with Crippen molar-refractivity contribution >= 4 is 13.0 Å². The van der Waals surface area contributed by atoms with Gasteiger partial charge in [-0.1, -0.05) is 30.3 Å². The monoisotopic (exact) mass is 285 g/mol. The third kappa shape index (κ3) is 4.98. The van der Waals surface area contributed by atoms with Crippen LogP contribution in [0.15, 0.2) is 48.9 Å². The summed E-state index contributed by atoms with van der Waals surface area (Å²) in [6.07, 6.45) is 4.83. The van der Waals surface area contributed by atoms with Crippen molar-refractivity contribution in [3.63, 3.8) is 0 Å². The van der Waals surface area contributed by atoms with Crippen LogP contribution in [0.3, 0.4) is 0 Å². The lowest BCUT2D eigenvalue weighted by atomic mass is 9.80. The number of nitrogens with zero attached hydrogens (tertiary/aromatic N) is 2. The molecule has 0 aliphatic heterocycles. The minimum Gasteiger partial charge on any atom is -0.427 e. The Bertz CT molecular complexity index is 566. The molecule has 108 valence electrons. The average molecular weight is 285 g/mol. The zero-order chi connectivity index (χ0) is 15.1. The lowest BCUT2D eigenvalue weighted by Gasteiger charge is -2.18. The van der Waals surface area contributed by atoms with E-state index in [4.69, 9.17) is 10.0 Å². The molecule has 2 rings (SSSR count). The van der Waals surface area contributed by atoms with E-state index < -0.39 is 13.2 Å². The number of amides is 1. The molecular weight excluding hydrogens is 269 g/mol. The van der Waals surface area contributed by atoms with Crippen LogP contribution >= 0.6 is 0 Å². The second-order valence-electron chi connectivity index (χ2n) is 4.67. The first-order chi connectivity index (χ1) is 10.1. The molecule has 0 saturated carbocycles. The van der Waals surface area contributed by atoms with Crippen molar-refractivity contribution in [1.29, 1.82) is 0 Å². The van der Waals surface area contributed by atoms with Gasteiger partial charge in [0.2, 0.25) is 0 Å². The van der Waals surface area contributed by atoms with Gasteiger partial charge in [0.05, 0.1) is 6.20 Å². The highest BCUT2D eigenvalue weighted by molar-refractivity contribution is 6.41. The van der Waals surface area contributed by atoms with Crippen molar-refractivity contribution < 1.29 is 14.8 Å². The third-order valence-electron chi connectivity index (χ3n) is 2.95. The summed E-state index contributed by atoms with van der Waals surface area (Å²) >= 11 is 0. The lowest BCUT2D eigenvalue weighted by molar-refractivity contribution is 0.0933. The zero-order valence-electron chi connectivity index (χ0n) is 11.4. The number of nitrogens with one attached hydrogen (secondary N) is 1. The van der Waals surface area contributed by atoms with Gasteiger partial charge in [-0.3, -0.25) is 9.78 Å². The highest BCUT2D eigenvalue weighted by Gasteiger charge is 2.20. The lowest BCUT2D eigenvalue weighted by Crippen LogP contribution is -2.39. The van der Waals surface area contributed by atoms with Crippen LogP contribution in [0.5, 0.6) is 0 Å². The predicted molar refractivity (Wildman–Crippen MR) is 78.4 cm³/mol. The highest BCUT2D eigenvalue weighted by Crippen LogP contribution is 2.08. The first-order valence-corrected chi connectivity index (χ1v) is 6.62. The van der Waals surface area contributed by atoms with E-state index in [1.54, 1.807) is 0 Å². The van der Waals surface area contributed by atoms with Gasteiger partial charge in [0, 0.05) is 24.8 Å². The van der Waals surface area contributed by atoms with Gasteiger partial charge in [-0.15, -0.1) is 0 Å². The average Bonchev–Trinajstić information content (AvgIpc) is 2.48. The number of carbonyl (C=O) groups is 1. The van der Waals surface area contributed by atoms with Crippen LogP contribution in [0, 0.1) is 0 Å². The normalized spacial score (nSPS) is 11.7. The maximum Gasteiger partial charge on any atom is 0.453 e. The van der Waals surface area contributed by atoms with Crippen molar-refractivity contribution in [2.24, 2.45) is 0 Å². The fourth-order valence-electron chi connectivity index (χ4n) is 2.02. The molecule has 1 amide bonds. The van der Waals surface area contributed by atoms with E-state index in [9.17, 15) is 4.79 Å². The summed E-state index contributed by atoms with van der Waals surface area (Å²) in [5.74, 6) is -0.385. The third-order valence-corrected chi connectivity index (χ3v) is 2.95. The van der Waals surface area contributed by atoms with Crippen LogP contribution in [0.25, 0.3) is 0 Å². The van der Waals surface area contributed by atoms with E-state index in [-0.39, 0.29) is 17.9 Å². The van der Waals surface area contributed by atoms with Crippen molar-refractivity contribution in [1.82, 2.24) is 15.3 Å². The van der Waals surface area contributed by atoms with E-state index in [0.717, 1.165) is 5.56 Å². The van der Waals surface area contributed by atoms with E-state index in [1.165, 1.54) is 18.6 Å². The Kier molecular flexibility index (Phi) is 5.42. The Balaban J connectivity index is 2.04. The van der Waals surface area contributed by atoms with Gasteiger partial charge in [-0.05, 0) is 12.0 Å². The largest absolute Gasteiger partial charge is 0.453 e. The van der Waals surface area contributed by atoms with Crippen LogP contribution in [-0.2, 0) is 6.42 Å². The number of benzene rings is 1. The summed E-state index contributed by atoms with van der Waals surface area (Å²) in [6, 6.07) is 9.13. The maximum absolute atomic E-state index is 12.0. The number of rotatable bonds is 6. The van der Waals surface area contributed by atoms with Gasteiger partial charge in [0.25, 0.3) is 5.91 Å². The minimum atomic E-state index is -1.49. The second-order valence-corrected chi connectivity index (χ2v) is 4.67. The fourth-order valence-corrected chi connectivity index (χ4v) is 2.02. The van der Waals surface area contributed by atoms with E-state index in [0.29, 0.717) is 6.42 Å². The molecule has 1 heterocycles. The summed E-state index contributed by atoms with van der Waals surface area (Å²) in [5, 5.41) is 21.1. The molecule has 3 N–H and O–H groups in total. The van der Waals surface area contributed by atoms with Gasteiger partial charge < -0.3 is 15.4 Å². The van der Waals surface area contributed by atoms with Crippen LogP contribution < -0.4 is 5.32 Å². The first-order valence-electron chi connectivity index (χ1n) is 6.62. The van der Waals surface area contributed by atoms with Crippen molar-refractivity contribution in [3.8, 4) is 0 Å². The minimum absolute atomic E-state index is 0.0426. The highest BCUT2D eigenvalue weighted by atomic mass is 16.4. The summed E-state index contributed by atoms with van der Waals surface area (Å²) in [4.78, 5) is 19.8. The Morgan fingerprint density at radius 3 is 2.62 bits per heavy atom. The fraction of sp³-hybridized carbons (Fsp3) is 0.214. The molecule has 0 aliphatic rings. The Morgan fingerprint density at radius 1 is 1.24 bits per heavy atom. The molecular formula is C14H16BN3O3. The molecule has 0 spiro atoms. The van der Waals surface area contributed by atoms with Crippen LogP contribution in [0.2, 0.25) is 6.32 Å². The molecule has 0 bridgehead atoms. The topological polar surface area (TPSA) is 95.3 Å².